The van der Waals surface area contributed by atoms with Crippen LogP contribution < -0.4 is 0 Å². The fraction of sp³-hybridized carbons (Fsp3) is 0.143. The third kappa shape index (κ3) is 4.42. The predicted octanol–water partition coefficient (Wildman–Crippen LogP) is 5.40. The van der Waals surface area contributed by atoms with Gasteiger partial charge in [0.25, 0.3) is 5.91 Å². The summed E-state index contributed by atoms with van der Waals surface area (Å²) in [6, 6.07) is 16.0. The quantitative estimate of drug-likeness (QED) is 0.387. The Hall–Kier alpha value is -2.37. The zero-order chi connectivity index (χ0) is 18.4. The Balaban J connectivity index is 1.64. The van der Waals surface area contributed by atoms with Gasteiger partial charge in [-0.05, 0) is 29.8 Å². The molecule has 0 N–H and O–H groups in total. The predicted molar refractivity (Wildman–Crippen MR) is 112 cm³/mol. The van der Waals surface area contributed by atoms with Crippen LogP contribution in [0.15, 0.2) is 78.2 Å². The van der Waals surface area contributed by atoms with E-state index in [-0.39, 0.29) is 5.91 Å². The lowest BCUT2D eigenvalue weighted by molar-refractivity contribution is 0.0791. The minimum absolute atomic E-state index is 0.00447. The molecule has 0 unspecified atom stereocenters. The Labute approximate surface area is 162 Å². The number of aromatic nitrogens is 1. The second kappa shape index (κ2) is 8.83. The zero-order valence-corrected chi connectivity index (χ0v) is 16.1. The van der Waals surface area contributed by atoms with Gasteiger partial charge < -0.3 is 4.90 Å². The summed E-state index contributed by atoms with van der Waals surface area (Å²) < 4.78 is 2.27. The van der Waals surface area contributed by atoms with Crippen LogP contribution in [-0.4, -0.2) is 28.9 Å². The van der Waals surface area contributed by atoms with Crippen LogP contribution in [0, 0.1) is 0 Å². The van der Waals surface area contributed by atoms with E-state index in [2.05, 4.69) is 24.2 Å². The van der Waals surface area contributed by atoms with Gasteiger partial charge in [0.15, 0.2) is 4.34 Å². The van der Waals surface area contributed by atoms with Crippen LogP contribution >= 0.6 is 23.1 Å². The van der Waals surface area contributed by atoms with Crippen LogP contribution in [0.5, 0.6) is 0 Å². The Morgan fingerprint density at radius 1 is 1.08 bits per heavy atom. The first-order valence-corrected chi connectivity index (χ1v) is 10.1. The first-order valence-electron chi connectivity index (χ1n) is 8.29. The van der Waals surface area contributed by atoms with E-state index in [4.69, 9.17) is 0 Å². The molecule has 26 heavy (non-hydrogen) atoms. The molecule has 2 aromatic carbocycles. The van der Waals surface area contributed by atoms with Crippen molar-refractivity contribution in [2.24, 2.45) is 0 Å². The van der Waals surface area contributed by atoms with Gasteiger partial charge in [-0.15, -0.1) is 24.5 Å². The molecule has 0 spiro atoms. The number of benzene rings is 2. The highest BCUT2D eigenvalue weighted by atomic mass is 32.2. The molecule has 0 aliphatic carbocycles. The molecule has 0 radical (unpaired) electrons. The van der Waals surface area contributed by atoms with Crippen molar-refractivity contribution in [2.45, 2.75) is 10.1 Å². The van der Waals surface area contributed by atoms with E-state index in [1.54, 1.807) is 40.2 Å². The number of hydrogen-bond donors (Lipinski definition) is 0. The van der Waals surface area contributed by atoms with E-state index in [0.717, 1.165) is 15.6 Å². The molecule has 3 nitrogen and oxygen atoms in total. The first kappa shape index (κ1) is 18.4. The largest absolute Gasteiger partial charge is 0.331 e. The van der Waals surface area contributed by atoms with Gasteiger partial charge in [0, 0.05) is 24.4 Å². The topological polar surface area (TPSA) is 33.2 Å². The van der Waals surface area contributed by atoms with Crippen LogP contribution in [0.1, 0.15) is 15.9 Å². The second-order valence-corrected chi connectivity index (χ2v) is 7.97. The SMILES string of the molecule is C=CCN(CC=C)C(=O)c1ccc(CSc2nc3ccccc3s2)cc1. The summed E-state index contributed by atoms with van der Waals surface area (Å²) in [7, 11) is 0. The lowest BCUT2D eigenvalue weighted by atomic mass is 10.1. The third-order valence-corrected chi connectivity index (χ3v) is 6.07. The fourth-order valence-corrected chi connectivity index (χ4v) is 4.56. The molecule has 5 heteroatoms. The van der Waals surface area contributed by atoms with Gasteiger partial charge in [-0.25, -0.2) is 4.98 Å². The van der Waals surface area contributed by atoms with E-state index in [1.165, 1.54) is 10.3 Å². The number of amides is 1. The first-order chi connectivity index (χ1) is 12.7. The van der Waals surface area contributed by atoms with Gasteiger partial charge in [-0.1, -0.05) is 48.2 Å². The summed E-state index contributed by atoms with van der Waals surface area (Å²) in [6.45, 7) is 8.44. The number of thioether (sulfide) groups is 1. The molecular weight excluding hydrogens is 360 g/mol. The van der Waals surface area contributed by atoms with Crippen molar-refractivity contribution >= 4 is 39.2 Å². The van der Waals surface area contributed by atoms with E-state index < -0.39 is 0 Å². The molecule has 1 amide bonds. The molecule has 0 aliphatic heterocycles. The monoisotopic (exact) mass is 380 g/mol. The standard InChI is InChI=1S/C21H20N2OS2/c1-3-13-23(14-4-2)20(24)17-11-9-16(10-12-17)15-25-21-22-18-7-5-6-8-19(18)26-21/h3-12H,1-2,13-15H2. The highest BCUT2D eigenvalue weighted by molar-refractivity contribution is 8.00. The van der Waals surface area contributed by atoms with Crippen LogP contribution in [0.3, 0.4) is 0 Å². The smallest absolute Gasteiger partial charge is 0.254 e. The fourth-order valence-electron chi connectivity index (χ4n) is 2.54. The summed E-state index contributed by atoms with van der Waals surface area (Å²) in [5, 5.41) is 0. The Morgan fingerprint density at radius 2 is 1.77 bits per heavy atom. The van der Waals surface area contributed by atoms with Gasteiger partial charge in [-0.2, -0.15) is 0 Å². The van der Waals surface area contributed by atoms with Crippen molar-refractivity contribution in [3.05, 3.63) is 85.0 Å². The van der Waals surface area contributed by atoms with Crippen LogP contribution in [-0.2, 0) is 5.75 Å². The van der Waals surface area contributed by atoms with Crippen molar-refractivity contribution in [1.82, 2.24) is 9.88 Å². The number of para-hydroxylation sites is 1. The summed E-state index contributed by atoms with van der Waals surface area (Å²) in [4.78, 5) is 18.9. The van der Waals surface area contributed by atoms with Gasteiger partial charge in [0.1, 0.15) is 0 Å². The van der Waals surface area contributed by atoms with E-state index >= 15 is 0 Å². The summed E-state index contributed by atoms with van der Waals surface area (Å²) in [5.74, 6) is 0.826. The minimum atomic E-state index is -0.00447. The van der Waals surface area contributed by atoms with Crippen LogP contribution in [0.4, 0.5) is 0 Å². The molecule has 132 valence electrons. The Bertz CT molecular complexity index is 872. The number of fused-ring (bicyclic) bond motifs is 1. The van der Waals surface area contributed by atoms with Crippen LogP contribution in [0.25, 0.3) is 10.2 Å². The summed E-state index contributed by atoms with van der Waals surface area (Å²) >= 11 is 3.43. The highest BCUT2D eigenvalue weighted by Crippen LogP contribution is 2.31. The maximum absolute atomic E-state index is 12.5. The zero-order valence-electron chi connectivity index (χ0n) is 14.4. The molecule has 0 bridgehead atoms. The molecule has 1 aromatic heterocycles. The van der Waals surface area contributed by atoms with E-state index in [0.29, 0.717) is 18.7 Å². The minimum Gasteiger partial charge on any atom is -0.331 e. The lowest BCUT2D eigenvalue weighted by Crippen LogP contribution is -2.31. The Kier molecular flexibility index (Phi) is 6.26. The van der Waals surface area contributed by atoms with Gasteiger partial charge >= 0.3 is 0 Å². The number of carbonyl (C=O) groups excluding carboxylic acids is 1. The van der Waals surface area contributed by atoms with E-state index in [9.17, 15) is 4.79 Å². The van der Waals surface area contributed by atoms with E-state index in [1.807, 2.05) is 42.5 Å². The molecule has 3 rings (SSSR count). The molecule has 1 heterocycles. The molecule has 0 aliphatic rings. The number of rotatable bonds is 8. The van der Waals surface area contributed by atoms with Crippen molar-refractivity contribution in [1.29, 1.82) is 0 Å². The van der Waals surface area contributed by atoms with Crippen molar-refractivity contribution in [3.63, 3.8) is 0 Å². The number of hydrogen-bond acceptors (Lipinski definition) is 4. The average molecular weight is 381 g/mol. The maximum Gasteiger partial charge on any atom is 0.254 e. The van der Waals surface area contributed by atoms with Gasteiger partial charge in [-0.3, -0.25) is 4.79 Å². The van der Waals surface area contributed by atoms with Crippen molar-refractivity contribution in [3.8, 4) is 0 Å². The van der Waals surface area contributed by atoms with Crippen LogP contribution in [0.2, 0.25) is 0 Å². The number of thiazole rings is 1. The summed E-state index contributed by atoms with van der Waals surface area (Å²) in [5.41, 5.74) is 2.90. The molecular formula is C21H20N2OS2. The second-order valence-electron chi connectivity index (χ2n) is 5.72. The molecule has 3 aromatic rings. The third-order valence-electron chi connectivity index (χ3n) is 3.82. The Morgan fingerprint density at radius 3 is 2.42 bits per heavy atom. The molecule has 0 saturated carbocycles. The van der Waals surface area contributed by atoms with Gasteiger partial charge in [0.2, 0.25) is 0 Å². The van der Waals surface area contributed by atoms with Crippen molar-refractivity contribution < 1.29 is 4.79 Å². The maximum atomic E-state index is 12.5. The number of carbonyl (C=O) groups is 1. The summed E-state index contributed by atoms with van der Waals surface area (Å²) in [6.07, 6.45) is 3.45. The van der Waals surface area contributed by atoms with Gasteiger partial charge in [0.05, 0.1) is 10.2 Å². The lowest BCUT2D eigenvalue weighted by Gasteiger charge is -2.19. The highest BCUT2D eigenvalue weighted by Gasteiger charge is 2.13. The number of nitrogens with zero attached hydrogens (tertiary/aromatic N) is 2. The van der Waals surface area contributed by atoms with Crippen molar-refractivity contribution in [2.75, 3.05) is 13.1 Å². The average Bonchev–Trinajstić information content (AvgIpc) is 3.09. The molecule has 0 saturated heterocycles. The molecule has 0 fully saturated rings. The molecule has 0 atom stereocenters. The normalized spacial score (nSPS) is 10.6.